The lowest BCUT2D eigenvalue weighted by atomic mass is 10.1. The summed E-state index contributed by atoms with van der Waals surface area (Å²) < 4.78 is 35.9. The summed E-state index contributed by atoms with van der Waals surface area (Å²) in [5, 5.41) is 8.09. The molecule has 9 heteroatoms. The molecular formula is C21H17N3O5S. The molecule has 0 radical (unpaired) electrons. The molecule has 2 aromatic carbocycles. The van der Waals surface area contributed by atoms with Gasteiger partial charge in [0.25, 0.3) is 0 Å². The van der Waals surface area contributed by atoms with Gasteiger partial charge in [0, 0.05) is 17.7 Å². The van der Waals surface area contributed by atoms with Crippen LogP contribution in [0.4, 0.5) is 6.01 Å². The molecule has 2 heterocycles. The highest BCUT2D eigenvalue weighted by molar-refractivity contribution is 7.89. The zero-order chi connectivity index (χ0) is 21.1. The number of aryl methyl sites for hydroxylation is 1. The van der Waals surface area contributed by atoms with E-state index in [1.54, 1.807) is 24.4 Å². The van der Waals surface area contributed by atoms with Crippen LogP contribution in [0.1, 0.15) is 22.6 Å². The van der Waals surface area contributed by atoms with Crippen molar-refractivity contribution in [3.8, 4) is 0 Å². The van der Waals surface area contributed by atoms with Gasteiger partial charge in [-0.1, -0.05) is 47.1 Å². The predicted molar refractivity (Wildman–Crippen MR) is 112 cm³/mol. The van der Waals surface area contributed by atoms with Crippen molar-refractivity contribution < 1.29 is 17.3 Å². The Labute approximate surface area is 171 Å². The molecule has 0 fully saturated rings. The molecule has 0 saturated heterocycles. The number of sulfone groups is 1. The SMILES string of the molecule is Cc1ccc2oc(=O)cc(CS(=O)(=O)Cc3nnc(/N=C/c4ccccc4)o3)c2c1. The van der Waals surface area contributed by atoms with E-state index in [9.17, 15) is 13.2 Å². The summed E-state index contributed by atoms with van der Waals surface area (Å²) in [5.74, 6) is -0.892. The Kier molecular flexibility index (Phi) is 5.28. The first kappa shape index (κ1) is 19.7. The maximum Gasteiger partial charge on any atom is 0.342 e. The van der Waals surface area contributed by atoms with E-state index in [1.807, 2.05) is 37.3 Å². The molecule has 30 heavy (non-hydrogen) atoms. The van der Waals surface area contributed by atoms with E-state index in [4.69, 9.17) is 8.83 Å². The van der Waals surface area contributed by atoms with Gasteiger partial charge in [-0.05, 0) is 30.2 Å². The Balaban J connectivity index is 1.54. The van der Waals surface area contributed by atoms with Crippen molar-refractivity contribution in [3.05, 3.63) is 87.6 Å². The molecule has 4 rings (SSSR count). The van der Waals surface area contributed by atoms with Crippen molar-refractivity contribution in [1.82, 2.24) is 10.2 Å². The van der Waals surface area contributed by atoms with Crippen molar-refractivity contribution in [2.45, 2.75) is 18.4 Å². The van der Waals surface area contributed by atoms with Crippen LogP contribution in [0.2, 0.25) is 0 Å². The van der Waals surface area contributed by atoms with Crippen molar-refractivity contribution in [2.75, 3.05) is 0 Å². The number of aromatic nitrogens is 2. The highest BCUT2D eigenvalue weighted by atomic mass is 32.2. The molecule has 152 valence electrons. The number of aliphatic imine (C=N–C) groups is 1. The van der Waals surface area contributed by atoms with Crippen LogP contribution in [-0.2, 0) is 21.3 Å². The molecule has 0 aliphatic carbocycles. The molecule has 4 aromatic rings. The largest absolute Gasteiger partial charge is 0.423 e. The normalized spacial score (nSPS) is 12.0. The molecule has 0 unspecified atom stereocenters. The highest BCUT2D eigenvalue weighted by Crippen LogP contribution is 2.22. The molecule has 0 spiro atoms. The lowest BCUT2D eigenvalue weighted by Crippen LogP contribution is -2.10. The standard InChI is InChI=1S/C21H17N3O5S/c1-14-7-8-18-17(9-14)16(10-20(25)28-18)12-30(26,27)13-19-23-24-21(29-19)22-11-15-5-3-2-4-6-15/h2-11H,12-13H2,1H3/b22-11+. The molecule has 0 bridgehead atoms. The first-order chi connectivity index (χ1) is 14.4. The highest BCUT2D eigenvalue weighted by Gasteiger charge is 2.20. The average Bonchev–Trinajstić information content (AvgIpc) is 3.14. The van der Waals surface area contributed by atoms with Crippen LogP contribution in [0.5, 0.6) is 0 Å². The fourth-order valence-corrected chi connectivity index (χ4v) is 4.27. The van der Waals surface area contributed by atoms with Crippen LogP contribution < -0.4 is 5.63 Å². The molecule has 0 saturated carbocycles. The Morgan fingerprint density at radius 3 is 2.60 bits per heavy atom. The molecule has 0 aliphatic rings. The zero-order valence-electron chi connectivity index (χ0n) is 16.0. The monoisotopic (exact) mass is 423 g/mol. The minimum absolute atomic E-state index is 0.0366. The smallest absolute Gasteiger partial charge is 0.342 e. The van der Waals surface area contributed by atoms with E-state index in [1.165, 1.54) is 6.07 Å². The van der Waals surface area contributed by atoms with Gasteiger partial charge in [0.2, 0.25) is 5.89 Å². The summed E-state index contributed by atoms with van der Waals surface area (Å²) in [6, 6.07) is 15.7. The van der Waals surface area contributed by atoms with Crippen molar-refractivity contribution in [1.29, 1.82) is 0 Å². The Morgan fingerprint density at radius 2 is 1.80 bits per heavy atom. The average molecular weight is 423 g/mol. The minimum Gasteiger partial charge on any atom is -0.423 e. The summed E-state index contributed by atoms with van der Waals surface area (Å²) in [4.78, 5) is 15.9. The van der Waals surface area contributed by atoms with Crippen molar-refractivity contribution in [3.63, 3.8) is 0 Å². The maximum atomic E-state index is 12.7. The first-order valence-electron chi connectivity index (χ1n) is 9.03. The fourth-order valence-electron chi connectivity index (χ4n) is 2.96. The Morgan fingerprint density at radius 1 is 1.00 bits per heavy atom. The predicted octanol–water partition coefficient (Wildman–Crippen LogP) is 3.35. The van der Waals surface area contributed by atoms with Crippen LogP contribution in [0, 0.1) is 6.92 Å². The maximum absolute atomic E-state index is 12.7. The van der Waals surface area contributed by atoms with Gasteiger partial charge in [-0.15, -0.1) is 5.10 Å². The van der Waals surface area contributed by atoms with Crippen LogP contribution in [0.15, 0.2) is 73.2 Å². The van der Waals surface area contributed by atoms with Gasteiger partial charge < -0.3 is 8.83 Å². The summed E-state index contributed by atoms with van der Waals surface area (Å²) >= 11 is 0. The van der Waals surface area contributed by atoms with Gasteiger partial charge in [-0.2, -0.15) is 0 Å². The summed E-state index contributed by atoms with van der Waals surface area (Å²) in [7, 11) is -3.69. The molecule has 0 aliphatic heterocycles. The van der Waals surface area contributed by atoms with Crippen LogP contribution in [0.3, 0.4) is 0 Å². The zero-order valence-corrected chi connectivity index (χ0v) is 16.8. The van der Waals surface area contributed by atoms with Crippen LogP contribution >= 0.6 is 0 Å². The van der Waals surface area contributed by atoms with E-state index in [-0.39, 0.29) is 17.7 Å². The second-order valence-corrected chi connectivity index (χ2v) is 8.83. The van der Waals surface area contributed by atoms with Gasteiger partial charge in [-0.3, -0.25) is 0 Å². The molecule has 0 atom stereocenters. The van der Waals surface area contributed by atoms with E-state index in [0.717, 1.165) is 11.1 Å². The van der Waals surface area contributed by atoms with E-state index >= 15 is 0 Å². The quantitative estimate of drug-likeness (QED) is 0.345. The number of hydrogen-bond acceptors (Lipinski definition) is 8. The third-order valence-corrected chi connectivity index (χ3v) is 5.72. The third kappa shape index (κ3) is 4.69. The summed E-state index contributed by atoms with van der Waals surface area (Å²) in [5.41, 5.74) is 1.87. The van der Waals surface area contributed by atoms with E-state index < -0.39 is 21.2 Å². The van der Waals surface area contributed by atoms with Crippen molar-refractivity contribution in [2.24, 2.45) is 4.99 Å². The first-order valence-corrected chi connectivity index (χ1v) is 10.9. The molecular weight excluding hydrogens is 406 g/mol. The second-order valence-electron chi connectivity index (χ2n) is 6.77. The van der Waals surface area contributed by atoms with Gasteiger partial charge in [-0.25, -0.2) is 18.2 Å². The summed E-state index contributed by atoms with van der Waals surface area (Å²) in [6.07, 6.45) is 1.55. The van der Waals surface area contributed by atoms with E-state index in [0.29, 0.717) is 16.5 Å². The Bertz CT molecular complexity index is 1390. The number of rotatable bonds is 6. The van der Waals surface area contributed by atoms with Gasteiger partial charge in [0.1, 0.15) is 11.3 Å². The Hall–Kier alpha value is -3.59. The lowest BCUT2D eigenvalue weighted by molar-refractivity contribution is 0.515. The van der Waals surface area contributed by atoms with Gasteiger partial charge >= 0.3 is 11.6 Å². The third-order valence-electron chi connectivity index (χ3n) is 4.28. The number of nitrogens with zero attached hydrogens (tertiary/aromatic N) is 3. The van der Waals surface area contributed by atoms with Crippen LogP contribution in [0.25, 0.3) is 11.0 Å². The van der Waals surface area contributed by atoms with Gasteiger partial charge in [0.05, 0.1) is 5.75 Å². The molecule has 0 amide bonds. The minimum atomic E-state index is -3.69. The van der Waals surface area contributed by atoms with Gasteiger partial charge in [0.15, 0.2) is 9.84 Å². The van der Waals surface area contributed by atoms with Crippen LogP contribution in [-0.4, -0.2) is 24.8 Å². The summed E-state index contributed by atoms with van der Waals surface area (Å²) in [6.45, 7) is 1.87. The second kappa shape index (κ2) is 8.03. The van der Waals surface area contributed by atoms with E-state index in [2.05, 4.69) is 15.2 Å². The molecule has 8 nitrogen and oxygen atoms in total. The topological polar surface area (TPSA) is 116 Å². The molecule has 0 N–H and O–H groups in total. The number of fused-ring (bicyclic) bond motifs is 1. The number of benzene rings is 2. The number of hydrogen-bond donors (Lipinski definition) is 0. The lowest BCUT2D eigenvalue weighted by Gasteiger charge is -2.06. The van der Waals surface area contributed by atoms with Crippen molar-refractivity contribution >= 4 is 33.0 Å². The molecule has 2 aromatic heterocycles. The fraction of sp³-hybridized carbons (Fsp3) is 0.143.